The van der Waals surface area contributed by atoms with E-state index in [4.69, 9.17) is 12.2 Å². The first-order chi connectivity index (χ1) is 8.43. The molecular weight excluding hydrogens is 270 g/mol. The van der Waals surface area contributed by atoms with Crippen LogP contribution in [0.3, 0.4) is 0 Å². The van der Waals surface area contributed by atoms with E-state index in [0.717, 1.165) is 4.83 Å². The molecule has 1 atom stereocenters. The zero-order valence-electron chi connectivity index (χ0n) is 10.3. The fourth-order valence-corrected chi connectivity index (χ4v) is 2.98. The summed E-state index contributed by atoms with van der Waals surface area (Å²) in [5.41, 5.74) is -0.224. The monoisotopic (exact) mass is 283 g/mol. The molecule has 0 aliphatic carbocycles. The summed E-state index contributed by atoms with van der Waals surface area (Å²) in [7, 11) is 3.31. The van der Waals surface area contributed by atoms with Crippen molar-refractivity contribution in [2.45, 2.75) is 13.0 Å². The Morgan fingerprint density at radius 3 is 2.83 bits per heavy atom. The minimum Gasteiger partial charge on any atom is -0.347 e. The van der Waals surface area contributed by atoms with Crippen LogP contribution in [0.4, 0.5) is 0 Å². The van der Waals surface area contributed by atoms with Crippen LogP contribution in [0.1, 0.15) is 13.0 Å². The first-order valence-electron chi connectivity index (χ1n) is 5.36. The highest BCUT2D eigenvalue weighted by atomic mass is 32.1. The molecule has 0 saturated heterocycles. The van der Waals surface area contributed by atoms with Crippen LogP contribution in [0.5, 0.6) is 0 Å². The summed E-state index contributed by atoms with van der Waals surface area (Å²) in [5.74, 6) is -0.161. The van der Waals surface area contributed by atoms with Crippen LogP contribution in [-0.2, 0) is 4.79 Å². The number of hydrogen-bond acceptors (Lipinski definition) is 4. The predicted octanol–water partition coefficient (Wildman–Crippen LogP) is 1.77. The van der Waals surface area contributed by atoms with Crippen LogP contribution < -0.4 is 5.56 Å². The largest absolute Gasteiger partial charge is 0.347 e. The minimum atomic E-state index is -0.611. The molecule has 0 fully saturated rings. The van der Waals surface area contributed by atoms with Gasteiger partial charge < -0.3 is 9.88 Å². The second-order valence-electron chi connectivity index (χ2n) is 4.18. The summed E-state index contributed by atoms with van der Waals surface area (Å²) < 4.78 is 1.60. The Kier molecular flexibility index (Phi) is 3.36. The van der Waals surface area contributed by atoms with Crippen LogP contribution in [-0.4, -0.2) is 34.5 Å². The number of nitrogens with one attached hydrogen (secondary N) is 1. The number of aromatic nitrogens is 2. The number of fused-ring (bicyclic) bond motifs is 1. The normalized spacial score (nSPS) is 12.6. The second-order valence-corrected chi connectivity index (χ2v) is 5.48. The zero-order valence-corrected chi connectivity index (χ0v) is 11.9. The Morgan fingerprint density at radius 2 is 2.22 bits per heavy atom. The molecule has 0 aromatic carbocycles. The summed E-state index contributed by atoms with van der Waals surface area (Å²) in [6, 6.07) is 1.12. The molecule has 0 bridgehead atoms. The molecule has 7 heteroatoms. The van der Waals surface area contributed by atoms with Gasteiger partial charge in [0.1, 0.15) is 10.9 Å². The minimum absolute atomic E-state index is 0.161. The highest BCUT2D eigenvalue weighted by Crippen LogP contribution is 2.16. The Morgan fingerprint density at radius 1 is 1.56 bits per heavy atom. The molecule has 0 aliphatic heterocycles. The van der Waals surface area contributed by atoms with Crippen molar-refractivity contribution in [1.29, 1.82) is 0 Å². The lowest BCUT2D eigenvalue weighted by Gasteiger charge is -2.18. The van der Waals surface area contributed by atoms with E-state index in [1.165, 1.54) is 20.8 Å². The number of carbonyl (C=O) groups is 1. The smallest absolute Gasteiger partial charge is 0.263 e. The predicted molar refractivity (Wildman–Crippen MR) is 74.7 cm³/mol. The molecule has 0 aliphatic rings. The lowest BCUT2D eigenvalue weighted by molar-refractivity contribution is -0.131. The first-order valence-corrected chi connectivity index (χ1v) is 6.65. The molecule has 1 N–H and O–H groups in total. The van der Waals surface area contributed by atoms with Gasteiger partial charge >= 0.3 is 0 Å². The molecular formula is C11H13N3O2S2. The van der Waals surface area contributed by atoms with Gasteiger partial charge in [0.05, 0.1) is 5.39 Å². The quantitative estimate of drug-likeness (QED) is 0.855. The van der Waals surface area contributed by atoms with E-state index >= 15 is 0 Å². The van der Waals surface area contributed by atoms with Gasteiger partial charge in [0, 0.05) is 14.1 Å². The SMILES string of the molecule is CC(C(=O)N(C)C)n1c(=S)[nH]c2sccc2c1=O. The molecule has 0 spiro atoms. The van der Waals surface area contributed by atoms with Gasteiger partial charge in [0.15, 0.2) is 4.77 Å². The third kappa shape index (κ3) is 1.99. The summed E-state index contributed by atoms with van der Waals surface area (Å²) >= 11 is 6.58. The van der Waals surface area contributed by atoms with Gasteiger partial charge in [-0.25, -0.2) is 0 Å². The Hall–Kier alpha value is -1.47. The number of hydrogen-bond donors (Lipinski definition) is 1. The van der Waals surface area contributed by atoms with Gasteiger partial charge in [-0.15, -0.1) is 11.3 Å². The van der Waals surface area contributed by atoms with E-state index in [0.29, 0.717) is 5.39 Å². The Balaban J connectivity index is 2.68. The van der Waals surface area contributed by atoms with Crippen molar-refractivity contribution < 1.29 is 4.79 Å². The van der Waals surface area contributed by atoms with Crippen molar-refractivity contribution in [2.75, 3.05) is 14.1 Å². The summed E-state index contributed by atoms with van der Waals surface area (Å²) in [6.45, 7) is 1.67. The average Bonchev–Trinajstić information content (AvgIpc) is 2.75. The van der Waals surface area contributed by atoms with E-state index < -0.39 is 6.04 Å². The number of thiophene rings is 1. The van der Waals surface area contributed by atoms with Crippen LogP contribution in [0.2, 0.25) is 0 Å². The van der Waals surface area contributed by atoms with Crippen molar-refractivity contribution in [3.63, 3.8) is 0 Å². The van der Waals surface area contributed by atoms with Gasteiger partial charge in [0.25, 0.3) is 5.56 Å². The highest BCUT2D eigenvalue weighted by molar-refractivity contribution is 7.71. The van der Waals surface area contributed by atoms with E-state index in [-0.39, 0.29) is 16.2 Å². The molecule has 96 valence electrons. The number of likely N-dealkylation sites (N-methyl/N-ethyl adjacent to an activating group) is 1. The molecule has 1 amide bonds. The number of H-pyrrole nitrogens is 1. The van der Waals surface area contributed by atoms with Crippen molar-refractivity contribution >= 4 is 39.7 Å². The van der Waals surface area contributed by atoms with Gasteiger partial charge in [-0.2, -0.15) is 0 Å². The third-order valence-corrected chi connectivity index (χ3v) is 3.87. The van der Waals surface area contributed by atoms with Crippen molar-refractivity contribution in [3.8, 4) is 0 Å². The summed E-state index contributed by atoms with van der Waals surface area (Å²) in [4.78, 5) is 29.4. The molecule has 2 aromatic heterocycles. The Bertz CT molecular complexity index is 711. The molecule has 2 aromatic rings. The van der Waals surface area contributed by atoms with Gasteiger partial charge in [-0.05, 0) is 30.6 Å². The van der Waals surface area contributed by atoms with Crippen LogP contribution >= 0.6 is 23.6 Å². The van der Waals surface area contributed by atoms with Gasteiger partial charge in [-0.3, -0.25) is 14.2 Å². The first kappa shape index (κ1) is 13.0. The molecule has 1 unspecified atom stereocenters. The number of aromatic amines is 1. The molecule has 0 radical (unpaired) electrons. The molecule has 2 heterocycles. The molecule has 2 rings (SSSR count). The fourth-order valence-electron chi connectivity index (χ4n) is 1.79. The van der Waals surface area contributed by atoms with Crippen molar-refractivity contribution in [3.05, 3.63) is 26.6 Å². The van der Waals surface area contributed by atoms with Gasteiger partial charge in [0.2, 0.25) is 5.91 Å². The zero-order chi connectivity index (χ0) is 13.4. The number of rotatable bonds is 2. The van der Waals surface area contributed by atoms with E-state index in [9.17, 15) is 9.59 Å². The standard InChI is InChI=1S/C11H13N3O2S2/c1-6(9(15)13(2)3)14-10(16)7-4-5-18-8(7)12-11(14)17/h4-6H,1-3H3,(H,12,17). The van der Waals surface area contributed by atoms with Crippen LogP contribution in [0.25, 0.3) is 10.2 Å². The Labute approximate surface area is 113 Å². The van der Waals surface area contributed by atoms with Crippen LogP contribution in [0.15, 0.2) is 16.2 Å². The highest BCUT2D eigenvalue weighted by Gasteiger charge is 2.20. The number of amides is 1. The van der Waals surface area contributed by atoms with Crippen molar-refractivity contribution in [2.24, 2.45) is 0 Å². The second kappa shape index (κ2) is 4.66. The van der Waals surface area contributed by atoms with E-state index in [1.807, 2.05) is 5.38 Å². The maximum atomic E-state index is 12.3. The molecule has 5 nitrogen and oxygen atoms in total. The number of carbonyl (C=O) groups excluding carboxylic acids is 1. The average molecular weight is 283 g/mol. The summed E-state index contributed by atoms with van der Waals surface area (Å²) in [6.07, 6.45) is 0. The van der Waals surface area contributed by atoms with E-state index in [1.54, 1.807) is 27.1 Å². The lowest BCUT2D eigenvalue weighted by atomic mass is 10.3. The lowest BCUT2D eigenvalue weighted by Crippen LogP contribution is -2.35. The fraction of sp³-hybridized carbons (Fsp3) is 0.364. The third-order valence-electron chi connectivity index (χ3n) is 2.74. The van der Waals surface area contributed by atoms with Crippen LogP contribution in [0, 0.1) is 4.77 Å². The summed E-state index contributed by atoms with van der Waals surface area (Å²) in [5, 5.41) is 2.38. The maximum absolute atomic E-state index is 12.3. The number of nitrogens with zero attached hydrogens (tertiary/aromatic N) is 2. The topological polar surface area (TPSA) is 58.1 Å². The van der Waals surface area contributed by atoms with Gasteiger partial charge in [-0.1, -0.05) is 0 Å². The molecule has 18 heavy (non-hydrogen) atoms. The van der Waals surface area contributed by atoms with Crippen molar-refractivity contribution in [1.82, 2.24) is 14.5 Å². The maximum Gasteiger partial charge on any atom is 0.263 e. The molecule has 0 saturated carbocycles. The van der Waals surface area contributed by atoms with E-state index in [2.05, 4.69) is 4.98 Å².